The van der Waals surface area contributed by atoms with Gasteiger partial charge in [0.1, 0.15) is 11.7 Å². The smallest absolute Gasteiger partial charge is 0.413 e. The molecule has 0 aliphatic heterocycles. The number of rotatable bonds is 4. The molecule has 0 aliphatic rings. The van der Waals surface area contributed by atoms with Gasteiger partial charge in [-0.25, -0.2) is 4.98 Å². The van der Waals surface area contributed by atoms with Gasteiger partial charge >= 0.3 is 26.8 Å². The number of carboxylic acid groups (broad SMARTS) is 1. The van der Waals surface area contributed by atoms with E-state index in [1.165, 1.54) is 0 Å². The first kappa shape index (κ1) is 18.5. The Kier molecular flexibility index (Phi) is 6.24. The maximum atomic E-state index is 10.5. The molecule has 20 heavy (non-hydrogen) atoms. The minimum absolute atomic E-state index is 0.532. The maximum absolute atomic E-state index is 10.5. The molecule has 116 valence electrons. The molecule has 0 aromatic carbocycles. The van der Waals surface area contributed by atoms with E-state index < -0.39 is 32.7 Å². The molecule has 0 saturated carbocycles. The lowest BCUT2D eigenvalue weighted by atomic mass is 10.2. The first-order valence-corrected chi connectivity index (χ1v) is 7.42. The zero-order valence-electron chi connectivity index (χ0n) is 10.2. The van der Waals surface area contributed by atoms with Gasteiger partial charge in [0.25, 0.3) is 0 Å². The van der Waals surface area contributed by atoms with Crippen LogP contribution in [0.25, 0.3) is 0 Å². The van der Waals surface area contributed by atoms with E-state index in [-0.39, 0.29) is 0 Å². The summed E-state index contributed by atoms with van der Waals surface area (Å²) in [7, 11) is -8.46. The Morgan fingerprint density at radius 1 is 1.30 bits per heavy atom. The summed E-state index contributed by atoms with van der Waals surface area (Å²) >= 11 is 0. The molecule has 1 rings (SSSR count). The van der Waals surface area contributed by atoms with Crippen LogP contribution in [0.4, 0.5) is 0 Å². The van der Waals surface area contributed by atoms with Crippen LogP contribution in [0.5, 0.6) is 0 Å². The molecule has 0 amide bonds. The minimum atomic E-state index is -5.12. The van der Waals surface area contributed by atoms with E-state index in [2.05, 4.69) is 8.61 Å². The lowest BCUT2D eigenvalue weighted by Crippen LogP contribution is -2.12. The normalized spacial score (nSPS) is 13.2. The predicted octanol–water partition coefficient (Wildman–Crippen LogP) is -0.783. The van der Waals surface area contributed by atoms with Gasteiger partial charge in [-0.2, -0.15) is 16.8 Å². The highest BCUT2D eigenvalue weighted by Gasteiger charge is 2.17. The molecule has 1 heterocycles. The van der Waals surface area contributed by atoms with E-state index in [1.807, 2.05) is 0 Å². The van der Waals surface area contributed by atoms with Crippen molar-refractivity contribution in [3.63, 3.8) is 0 Å². The van der Waals surface area contributed by atoms with E-state index in [0.29, 0.717) is 5.82 Å². The van der Waals surface area contributed by atoms with Crippen molar-refractivity contribution in [1.29, 1.82) is 0 Å². The third kappa shape index (κ3) is 7.80. The van der Waals surface area contributed by atoms with Crippen LogP contribution in [0.2, 0.25) is 0 Å². The summed E-state index contributed by atoms with van der Waals surface area (Å²) in [6, 6.07) is 0. The van der Waals surface area contributed by atoms with Gasteiger partial charge in [-0.1, -0.05) is 0 Å². The molecule has 0 aliphatic carbocycles. The molecular formula is C7H12N2O9S2. The number of aryl methyl sites for hydroxylation is 1. The van der Waals surface area contributed by atoms with Crippen molar-refractivity contribution in [2.24, 2.45) is 7.05 Å². The van der Waals surface area contributed by atoms with Gasteiger partial charge in [-0.05, 0) is 6.92 Å². The zero-order chi connectivity index (χ0) is 16.1. The van der Waals surface area contributed by atoms with Crippen LogP contribution < -0.4 is 0 Å². The van der Waals surface area contributed by atoms with Gasteiger partial charge in [-0.15, -0.1) is 3.63 Å². The van der Waals surface area contributed by atoms with Crippen LogP contribution in [0.3, 0.4) is 0 Å². The van der Waals surface area contributed by atoms with Gasteiger partial charge in [0, 0.05) is 19.4 Å². The minimum Gasteiger partial charge on any atom is -0.481 e. The molecule has 0 fully saturated rings. The molecule has 0 radical (unpaired) electrons. The van der Waals surface area contributed by atoms with E-state index in [1.54, 1.807) is 30.9 Å². The Morgan fingerprint density at radius 3 is 1.95 bits per heavy atom. The average Bonchev–Trinajstić information content (AvgIpc) is 2.58. The summed E-state index contributed by atoms with van der Waals surface area (Å²) < 4.78 is 57.3. The fourth-order valence-corrected chi connectivity index (χ4v) is 1.88. The first-order valence-electron chi connectivity index (χ1n) is 4.69. The quantitative estimate of drug-likeness (QED) is 0.593. The van der Waals surface area contributed by atoms with Crippen LogP contribution in [0, 0.1) is 0 Å². The standard InChI is InChI=1S/C7H10N2O2.H2O7S2/c1-5(7(10)11)6-8-3-4-9(6)2;1-8(2,3)7-9(4,5)6/h3-5H,1-2H3,(H,10,11);(H,1,2,3)(H,4,5,6). The monoisotopic (exact) mass is 332 g/mol. The second-order valence-electron chi connectivity index (χ2n) is 3.38. The van der Waals surface area contributed by atoms with Crippen molar-refractivity contribution < 1.29 is 39.5 Å². The van der Waals surface area contributed by atoms with Crippen molar-refractivity contribution in [1.82, 2.24) is 9.55 Å². The summed E-state index contributed by atoms with van der Waals surface area (Å²) in [5, 5.41) is 8.62. The molecule has 13 heteroatoms. The third-order valence-electron chi connectivity index (χ3n) is 1.79. The van der Waals surface area contributed by atoms with Crippen LogP contribution in [-0.4, -0.2) is 46.6 Å². The molecule has 0 bridgehead atoms. The van der Waals surface area contributed by atoms with E-state index >= 15 is 0 Å². The molecule has 0 saturated heterocycles. The molecule has 1 atom stereocenters. The fraction of sp³-hybridized carbons (Fsp3) is 0.429. The summed E-state index contributed by atoms with van der Waals surface area (Å²) in [5.41, 5.74) is 0. The highest BCUT2D eigenvalue weighted by Crippen LogP contribution is 2.10. The van der Waals surface area contributed by atoms with E-state index in [9.17, 15) is 21.6 Å². The third-order valence-corrected chi connectivity index (χ3v) is 3.16. The Bertz CT molecular complexity index is 630. The van der Waals surface area contributed by atoms with Gasteiger partial charge in [0.2, 0.25) is 0 Å². The van der Waals surface area contributed by atoms with Crippen LogP contribution >= 0.6 is 0 Å². The number of carboxylic acids is 1. The van der Waals surface area contributed by atoms with Crippen LogP contribution in [0.1, 0.15) is 18.7 Å². The number of hydrogen-bond acceptors (Lipinski definition) is 7. The molecule has 3 N–H and O–H groups in total. The summed E-state index contributed by atoms with van der Waals surface area (Å²) in [4.78, 5) is 14.4. The zero-order valence-corrected chi connectivity index (χ0v) is 11.9. The van der Waals surface area contributed by atoms with Gasteiger partial charge < -0.3 is 9.67 Å². The second kappa shape index (κ2) is 6.76. The predicted molar refractivity (Wildman–Crippen MR) is 63.4 cm³/mol. The van der Waals surface area contributed by atoms with E-state index in [4.69, 9.17) is 14.2 Å². The molecule has 1 aromatic rings. The van der Waals surface area contributed by atoms with E-state index in [0.717, 1.165) is 0 Å². The van der Waals surface area contributed by atoms with Crippen molar-refractivity contribution in [3.05, 3.63) is 18.2 Å². The Balaban J connectivity index is 0.000000370. The van der Waals surface area contributed by atoms with Crippen LogP contribution in [-0.2, 0) is 36.3 Å². The first-order chi connectivity index (χ1) is 8.83. The number of aromatic nitrogens is 2. The van der Waals surface area contributed by atoms with Crippen molar-refractivity contribution >= 4 is 26.8 Å². The SMILES string of the molecule is CC(C(=O)O)c1nccn1C.O=S(=O)(O)OS(=O)(=O)O. The maximum Gasteiger partial charge on any atom is 0.413 e. The summed E-state index contributed by atoms with van der Waals surface area (Å²) in [6.45, 7) is 1.62. The number of imidazole rings is 1. The van der Waals surface area contributed by atoms with Gasteiger partial charge in [0.05, 0.1) is 0 Å². The van der Waals surface area contributed by atoms with Crippen molar-refractivity contribution in [3.8, 4) is 0 Å². The van der Waals surface area contributed by atoms with Crippen LogP contribution in [0.15, 0.2) is 12.4 Å². The van der Waals surface area contributed by atoms with Gasteiger partial charge in [-0.3, -0.25) is 13.9 Å². The average molecular weight is 332 g/mol. The highest BCUT2D eigenvalue weighted by atomic mass is 32.3. The number of hydrogen-bond donors (Lipinski definition) is 3. The Hall–Kier alpha value is -1.54. The topological polar surface area (TPSA) is 173 Å². The van der Waals surface area contributed by atoms with Gasteiger partial charge in [0.15, 0.2) is 0 Å². The largest absolute Gasteiger partial charge is 0.481 e. The summed E-state index contributed by atoms with van der Waals surface area (Å²) in [6.07, 6.45) is 3.32. The lowest BCUT2D eigenvalue weighted by molar-refractivity contribution is -0.138. The fourth-order valence-electron chi connectivity index (χ4n) is 1.01. The highest BCUT2D eigenvalue weighted by molar-refractivity contribution is 7.94. The number of nitrogens with zero attached hydrogens (tertiary/aromatic N) is 2. The van der Waals surface area contributed by atoms with Crippen molar-refractivity contribution in [2.45, 2.75) is 12.8 Å². The molecule has 1 unspecified atom stereocenters. The van der Waals surface area contributed by atoms with Crippen molar-refractivity contribution in [2.75, 3.05) is 0 Å². The summed E-state index contributed by atoms with van der Waals surface area (Å²) in [5.74, 6) is -0.799. The Labute approximate surface area is 114 Å². The molecule has 1 aromatic heterocycles. The molecular weight excluding hydrogens is 320 g/mol. The number of aliphatic carboxylic acids is 1. The number of carbonyl (C=O) groups is 1. The molecule has 0 spiro atoms. The lowest BCUT2D eigenvalue weighted by Gasteiger charge is -2.04. The second-order valence-corrected chi connectivity index (χ2v) is 5.64. The molecule has 11 nitrogen and oxygen atoms in total. The Morgan fingerprint density at radius 2 is 1.75 bits per heavy atom.